The van der Waals surface area contributed by atoms with Crippen LogP contribution >= 0.6 is 0 Å². The summed E-state index contributed by atoms with van der Waals surface area (Å²) >= 11 is 0. The predicted molar refractivity (Wildman–Crippen MR) is 121 cm³/mol. The van der Waals surface area contributed by atoms with E-state index in [1.165, 1.54) is 0 Å². The van der Waals surface area contributed by atoms with Crippen LogP contribution in [0.5, 0.6) is 0 Å². The number of rotatable bonds is 12. The lowest BCUT2D eigenvalue weighted by atomic mass is 10.1. The Kier molecular flexibility index (Phi) is 13.3. The quantitative estimate of drug-likeness (QED) is 0.346. The molecule has 0 saturated heterocycles. The van der Waals surface area contributed by atoms with Crippen molar-refractivity contribution in [2.45, 2.75) is 52.1 Å². The van der Waals surface area contributed by atoms with E-state index < -0.39 is 23.9 Å². The molecule has 0 heterocycles. The van der Waals surface area contributed by atoms with E-state index in [-0.39, 0.29) is 30.6 Å². The van der Waals surface area contributed by atoms with Crippen LogP contribution in [0, 0.1) is 0 Å². The summed E-state index contributed by atoms with van der Waals surface area (Å²) in [5.41, 5.74) is 1.36. The second kappa shape index (κ2) is 16.0. The molecule has 0 radical (unpaired) electrons. The van der Waals surface area contributed by atoms with Gasteiger partial charge in [-0.15, -0.1) is 0 Å². The zero-order valence-corrected chi connectivity index (χ0v) is 18.7. The first-order valence-corrected chi connectivity index (χ1v) is 10.8. The molecule has 0 unspecified atom stereocenters. The van der Waals surface area contributed by atoms with Crippen molar-refractivity contribution in [3.63, 3.8) is 0 Å². The standard InChI is InChI=1S/C19H20O4.C6H10O4/c1-2-3-13-22-18(20)16-11-7-8-12-17(16)19(21)23-14-15-9-5-4-6-10-15;7-5(8)3-1-2-4-6(9)10/h4-12H,2-3,13-14H2,1H3;1-4H2,(H,7,8)(H,9,10). The number of esters is 2. The number of carbonyl (C=O) groups excluding carboxylic acids is 2. The fourth-order valence-electron chi connectivity index (χ4n) is 2.58. The molecule has 0 atom stereocenters. The highest BCUT2D eigenvalue weighted by molar-refractivity contribution is 6.03. The van der Waals surface area contributed by atoms with E-state index in [0.717, 1.165) is 18.4 Å². The van der Waals surface area contributed by atoms with Crippen LogP contribution in [0.25, 0.3) is 0 Å². The van der Waals surface area contributed by atoms with Crippen molar-refractivity contribution in [2.75, 3.05) is 6.61 Å². The zero-order chi connectivity index (χ0) is 24.5. The van der Waals surface area contributed by atoms with E-state index in [1.54, 1.807) is 24.3 Å². The Hall–Kier alpha value is -3.68. The van der Waals surface area contributed by atoms with Crippen LogP contribution in [0.2, 0.25) is 0 Å². The van der Waals surface area contributed by atoms with E-state index >= 15 is 0 Å². The molecule has 178 valence electrons. The summed E-state index contributed by atoms with van der Waals surface area (Å²) in [5, 5.41) is 16.3. The maximum atomic E-state index is 12.2. The first kappa shape index (κ1) is 27.4. The van der Waals surface area contributed by atoms with Gasteiger partial charge in [-0.05, 0) is 37.0 Å². The SMILES string of the molecule is CCCCOC(=O)c1ccccc1C(=O)OCc1ccccc1.O=C(O)CCCCC(=O)O. The predicted octanol–water partition coefficient (Wildman–Crippen LogP) is 4.72. The monoisotopic (exact) mass is 458 g/mol. The first-order valence-electron chi connectivity index (χ1n) is 10.8. The van der Waals surface area contributed by atoms with Gasteiger partial charge in [-0.25, -0.2) is 9.59 Å². The molecule has 8 nitrogen and oxygen atoms in total. The average molecular weight is 459 g/mol. The lowest BCUT2D eigenvalue weighted by Crippen LogP contribution is -2.14. The Morgan fingerprint density at radius 1 is 0.697 bits per heavy atom. The molecule has 0 spiro atoms. The normalized spacial score (nSPS) is 9.85. The molecule has 0 fully saturated rings. The van der Waals surface area contributed by atoms with Crippen LogP contribution in [0.3, 0.4) is 0 Å². The molecule has 0 saturated carbocycles. The van der Waals surface area contributed by atoms with Gasteiger partial charge in [0.2, 0.25) is 0 Å². The fraction of sp³-hybridized carbons (Fsp3) is 0.360. The summed E-state index contributed by atoms with van der Waals surface area (Å²) in [7, 11) is 0. The number of carbonyl (C=O) groups is 4. The fourth-order valence-corrected chi connectivity index (χ4v) is 2.58. The van der Waals surface area contributed by atoms with Gasteiger partial charge in [-0.2, -0.15) is 0 Å². The van der Waals surface area contributed by atoms with Gasteiger partial charge in [0, 0.05) is 12.8 Å². The summed E-state index contributed by atoms with van der Waals surface area (Å²) in [4.78, 5) is 44.1. The number of unbranched alkanes of at least 4 members (excludes halogenated alkanes) is 2. The number of ether oxygens (including phenoxy) is 2. The molecule has 2 N–H and O–H groups in total. The molecule has 0 amide bonds. The largest absolute Gasteiger partial charge is 0.481 e. The smallest absolute Gasteiger partial charge is 0.339 e. The second-order valence-corrected chi connectivity index (χ2v) is 7.09. The van der Waals surface area contributed by atoms with E-state index in [2.05, 4.69) is 0 Å². The van der Waals surface area contributed by atoms with Gasteiger partial charge in [-0.3, -0.25) is 9.59 Å². The minimum atomic E-state index is -0.870. The molecule has 0 bridgehead atoms. The molecule has 2 aromatic carbocycles. The van der Waals surface area contributed by atoms with Gasteiger partial charge in [0.1, 0.15) is 6.61 Å². The summed E-state index contributed by atoms with van der Waals surface area (Å²) in [6.45, 7) is 2.53. The second-order valence-electron chi connectivity index (χ2n) is 7.09. The lowest BCUT2D eigenvalue weighted by molar-refractivity contribution is -0.139. The Balaban J connectivity index is 0.000000461. The first-order chi connectivity index (χ1) is 15.8. The molecule has 0 aliphatic rings. The number of carboxylic acids is 2. The van der Waals surface area contributed by atoms with Crippen LogP contribution < -0.4 is 0 Å². The molecule has 0 aliphatic carbocycles. The molecule has 8 heteroatoms. The summed E-state index contributed by atoms with van der Waals surface area (Å²) < 4.78 is 10.5. The Morgan fingerprint density at radius 3 is 1.67 bits per heavy atom. The highest BCUT2D eigenvalue weighted by atomic mass is 16.5. The lowest BCUT2D eigenvalue weighted by Gasteiger charge is -2.09. The van der Waals surface area contributed by atoms with E-state index in [0.29, 0.717) is 19.4 Å². The van der Waals surface area contributed by atoms with Gasteiger partial charge >= 0.3 is 23.9 Å². The maximum absolute atomic E-state index is 12.2. The zero-order valence-electron chi connectivity index (χ0n) is 18.7. The Morgan fingerprint density at radius 2 is 1.18 bits per heavy atom. The summed E-state index contributed by atoms with van der Waals surface area (Å²) in [6, 6.07) is 15.9. The van der Waals surface area contributed by atoms with Crippen molar-refractivity contribution in [3.8, 4) is 0 Å². The van der Waals surface area contributed by atoms with Crippen molar-refractivity contribution in [1.29, 1.82) is 0 Å². The van der Waals surface area contributed by atoms with Gasteiger partial charge in [0.05, 0.1) is 17.7 Å². The Bertz CT molecular complexity index is 876. The topological polar surface area (TPSA) is 127 Å². The molecular formula is C25H30O8. The van der Waals surface area contributed by atoms with Crippen LogP contribution in [0.4, 0.5) is 0 Å². The van der Waals surface area contributed by atoms with Crippen LogP contribution in [0.15, 0.2) is 54.6 Å². The number of hydrogen-bond donors (Lipinski definition) is 2. The van der Waals surface area contributed by atoms with Crippen molar-refractivity contribution in [3.05, 3.63) is 71.3 Å². The van der Waals surface area contributed by atoms with Crippen LogP contribution in [-0.4, -0.2) is 40.7 Å². The molecule has 2 rings (SSSR count). The highest BCUT2D eigenvalue weighted by Gasteiger charge is 2.18. The van der Waals surface area contributed by atoms with Gasteiger partial charge in [0.15, 0.2) is 0 Å². The molecular weight excluding hydrogens is 428 g/mol. The highest BCUT2D eigenvalue weighted by Crippen LogP contribution is 2.13. The van der Waals surface area contributed by atoms with Crippen molar-refractivity contribution in [1.82, 2.24) is 0 Å². The van der Waals surface area contributed by atoms with Crippen LogP contribution in [-0.2, 0) is 25.7 Å². The maximum Gasteiger partial charge on any atom is 0.339 e. The number of carboxylic acid groups (broad SMARTS) is 2. The van der Waals surface area contributed by atoms with Gasteiger partial charge in [-0.1, -0.05) is 55.8 Å². The van der Waals surface area contributed by atoms with E-state index in [9.17, 15) is 19.2 Å². The minimum Gasteiger partial charge on any atom is -0.481 e. The minimum absolute atomic E-state index is 0.0628. The summed E-state index contributed by atoms with van der Waals surface area (Å²) in [5.74, 6) is -2.77. The number of aliphatic carboxylic acids is 2. The van der Waals surface area contributed by atoms with E-state index in [4.69, 9.17) is 19.7 Å². The average Bonchev–Trinajstić information content (AvgIpc) is 2.81. The van der Waals surface area contributed by atoms with E-state index in [1.807, 2.05) is 37.3 Å². The number of hydrogen-bond acceptors (Lipinski definition) is 6. The third-order valence-electron chi connectivity index (χ3n) is 4.34. The van der Waals surface area contributed by atoms with Gasteiger partial charge < -0.3 is 19.7 Å². The van der Waals surface area contributed by atoms with Crippen LogP contribution in [0.1, 0.15) is 71.7 Å². The molecule has 33 heavy (non-hydrogen) atoms. The molecule has 2 aromatic rings. The molecule has 0 aliphatic heterocycles. The molecule has 0 aromatic heterocycles. The van der Waals surface area contributed by atoms with Crippen molar-refractivity contribution >= 4 is 23.9 Å². The summed E-state index contributed by atoms with van der Waals surface area (Å²) in [6.07, 6.45) is 2.75. The third kappa shape index (κ3) is 12.1. The number of benzene rings is 2. The van der Waals surface area contributed by atoms with Crippen molar-refractivity contribution < 1.29 is 38.9 Å². The van der Waals surface area contributed by atoms with Gasteiger partial charge in [0.25, 0.3) is 0 Å². The Labute approximate surface area is 193 Å². The van der Waals surface area contributed by atoms with Crippen molar-refractivity contribution in [2.24, 2.45) is 0 Å². The third-order valence-corrected chi connectivity index (χ3v) is 4.34.